The summed E-state index contributed by atoms with van der Waals surface area (Å²) in [5.74, 6) is 0.946. The second-order valence-electron chi connectivity index (χ2n) is 5.86. The van der Waals surface area contributed by atoms with Gasteiger partial charge in [0.2, 0.25) is 5.91 Å². The SMILES string of the molecule is COc1ccc(C(=O)CSc2nc(CC(=O)NCc3cccnc3)cs2)cc1. The molecule has 28 heavy (non-hydrogen) atoms. The third-order valence-electron chi connectivity index (χ3n) is 3.82. The van der Waals surface area contributed by atoms with Crippen molar-refractivity contribution < 1.29 is 14.3 Å². The number of thiazole rings is 1. The number of methoxy groups -OCH3 is 1. The minimum absolute atomic E-state index is 0.0265. The van der Waals surface area contributed by atoms with Crippen LogP contribution in [0.4, 0.5) is 0 Å². The predicted molar refractivity (Wildman–Crippen MR) is 110 cm³/mol. The van der Waals surface area contributed by atoms with Crippen molar-refractivity contribution in [3.8, 4) is 5.75 Å². The number of amides is 1. The van der Waals surface area contributed by atoms with Crippen LogP contribution in [0.15, 0.2) is 58.5 Å². The number of hydrogen-bond acceptors (Lipinski definition) is 7. The monoisotopic (exact) mass is 413 g/mol. The Bertz CT molecular complexity index is 927. The Morgan fingerprint density at radius 2 is 2.04 bits per heavy atom. The number of aromatic nitrogens is 2. The molecule has 0 saturated heterocycles. The fourth-order valence-corrected chi connectivity index (χ4v) is 4.09. The molecule has 0 saturated carbocycles. The van der Waals surface area contributed by atoms with Crippen molar-refractivity contribution in [2.75, 3.05) is 12.9 Å². The van der Waals surface area contributed by atoms with Crippen molar-refractivity contribution in [2.45, 2.75) is 17.3 Å². The standard InChI is InChI=1S/C20H19N3O3S2/c1-26-17-6-4-15(5-7-17)18(24)13-28-20-23-16(12-27-20)9-19(25)22-11-14-3-2-8-21-10-14/h2-8,10,12H,9,11,13H2,1H3,(H,22,25). The van der Waals surface area contributed by atoms with E-state index in [0.717, 1.165) is 15.7 Å². The van der Waals surface area contributed by atoms with Gasteiger partial charge in [-0.25, -0.2) is 4.98 Å². The number of carbonyl (C=O) groups is 2. The molecule has 0 aliphatic rings. The van der Waals surface area contributed by atoms with Gasteiger partial charge in [-0.3, -0.25) is 14.6 Å². The number of pyridine rings is 1. The molecule has 0 atom stereocenters. The predicted octanol–water partition coefficient (Wildman–Crippen LogP) is 3.38. The number of ketones is 1. The summed E-state index contributed by atoms with van der Waals surface area (Å²) in [6, 6.07) is 10.8. The van der Waals surface area contributed by atoms with E-state index >= 15 is 0 Å². The summed E-state index contributed by atoms with van der Waals surface area (Å²) in [6.07, 6.45) is 3.63. The highest BCUT2D eigenvalue weighted by Crippen LogP contribution is 2.24. The number of Topliss-reactive ketones (excluding diaryl/α,β-unsaturated/α-hetero) is 1. The van der Waals surface area contributed by atoms with E-state index in [-0.39, 0.29) is 18.1 Å². The van der Waals surface area contributed by atoms with Crippen molar-refractivity contribution in [3.63, 3.8) is 0 Å². The number of nitrogens with zero attached hydrogens (tertiary/aromatic N) is 2. The first-order valence-corrected chi connectivity index (χ1v) is 10.4. The number of carbonyl (C=O) groups excluding carboxylic acids is 2. The van der Waals surface area contributed by atoms with Gasteiger partial charge < -0.3 is 10.1 Å². The second kappa shape index (κ2) is 10.0. The highest BCUT2D eigenvalue weighted by Gasteiger charge is 2.11. The lowest BCUT2D eigenvalue weighted by Crippen LogP contribution is -2.24. The van der Waals surface area contributed by atoms with E-state index in [1.807, 2.05) is 17.5 Å². The molecular formula is C20H19N3O3S2. The summed E-state index contributed by atoms with van der Waals surface area (Å²) in [7, 11) is 1.59. The molecule has 2 aromatic heterocycles. The highest BCUT2D eigenvalue weighted by atomic mass is 32.2. The van der Waals surface area contributed by atoms with Crippen LogP contribution >= 0.6 is 23.1 Å². The summed E-state index contributed by atoms with van der Waals surface area (Å²) < 4.78 is 5.87. The first kappa shape index (κ1) is 20.0. The molecule has 1 amide bonds. The zero-order valence-corrected chi connectivity index (χ0v) is 16.9. The van der Waals surface area contributed by atoms with Crippen LogP contribution in [-0.2, 0) is 17.8 Å². The molecule has 0 bridgehead atoms. The van der Waals surface area contributed by atoms with E-state index in [1.165, 1.54) is 23.1 Å². The van der Waals surface area contributed by atoms with E-state index in [4.69, 9.17) is 4.74 Å². The maximum absolute atomic E-state index is 12.3. The van der Waals surface area contributed by atoms with Crippen LogP contribution in [0.5, 0.6) is 5.75 Å². The van der Waals surface area contributed by atoms with Crippen LogP contribution in [0.2, 0.25) is 0 Å². The van der Waals surface area contributed by atoms with Crippen molar-refractivity contribution in [1.82, 2.24) is 15.3 Å². The number of rotatable bonds is 9. The molecule has 8 heteroatoms. The summed E-state index contributed by atoms with van der Waals surface area (Å²) in [6.45, 7) is 0.439. The third kappa shape index (κ3) is 5.90. The quantitative estimate of drug-likeness (QED) is 0.428. The Balaban J connectivity index is 1.45. The average Bonchev–Trinajstić information content (AvgIpc) is 3.18. The largest absolute Gasteiger partial charge is 0.497 e. The van der Waals surface area contributed by atoms with Crippen LogP contribution < -0.4 is 10.1 Å². The van der Waals surface area contributed by atoms with Gasteiger partial charge in [0, 0.05) is 29.9 Å². The number of benzene rings is 1. The third-order valence-corrected chi connectivity index (χ3v) is 5.89. The smallest absolute Gasteiger partial charge is 0.226 e. The fourth-order valence-electron chi connectivity index (χ4n) is 2.35. The zero-order chi connectivity index (χ0) is 19.8. The molecule has 0 unspecified atom stereocenters. The molecule has 144 valence electrons. The topological polar surface area (TPSA) is 81.2 Å². The normalized spacial score (nSPS) is 10.5. The van der Waals surface area contributed by atoms with Gasteiger partial charge in [-0.05, 0) is 35.9 Å². The second-order valence-corrected chi connectivity index (χ2v) is 7.94. The first-order chi connectivity index (χ1) is 13.6. The lowest BCUT2D eigenvalue weighted by atomic mass is 10.1. The molecule has 3 rings (SSSR count). The minimum Gasteiger partial charge on any atom is -0.497 e. The van der Waals surface area contributed by atoms with Crippen LogP contribution in [0.3, 0.4) is 0 Å². The van der Waals surface area contributed by atoms with E-state index in [0.29, 0.717) is 23.6 Å². The van der Waals surface area contributed by atoms with Crippen molar-refractivity contribution in [1.29, 1.82) is 0 Å². The van der Waals surface area contributed by atoms with Crippen LogP contribution in [0, 0.1) is 0 Å². The summed E-state index contributed by atoms with van der Waals surface area (Å²) in [5.41, 5.74) is 2.29. The highest BCUT2D eigenvalue weighted by molar-refractivity contribution is 8.01. The van der Waals surface area contributed by atoms with Gasteiger partial charge in [0.05, 0.1) is 25.0 Å². The van der Waals surface area contributed by atoms with E-state index < -0.39 is 0 Å². The molecule has 6 nitrogen and oxygen atoms in total. The Morgan fingerprint density at radius 3 is 2.75 bits per heavy atom. The number of ether oxygens (including phenoxy) is 1. The zero-order valence-electron chi connectivity index (χ0n) is 15.3. The van der Waals surface area contributed by atoms with Gasteiger partial charge in [0.25, 0.3) is 0 Å². The van der Waals surface area contributed by atoms with Crippen LogP contribution in [0.25, 0.3) is 0 Å². The van der Waals surface area contributed by atoms with Gasteiger partial charge in [-0.2, -0.15) is 0 Å². The summed E-state index contributed by atoms with van der Waals surface area (Å²) in [4.78, 5) is 32.8. The Labute approximate surface area is 171 Å². The Hall–Kier alpha value is -2.71. The number of nitrogens with one attached hydrogen (secondary N) is 1. The first-order valence-electron chi connectivity index (χ1n) is 8.54. The fraction of sp³-hybridized carbons (Fsp3) is 0.200. The van der Waals surface area contributed by atoms with Crippen molar-refractivity contribution in [3.05, 3.63) is 71.0 Å². The molecule has 2 heterocycles. The summed E-state index contributed by atoms with van der Waals surface area (Å²) in [5, 5.41) is 4.70. The van der Waals surface area contributed by atoms with Gasteiger partial charge in [-0.1, -0.05) is 17.8 Å². The molecule has 0 spiro atoms. The Morgan fingerprint density at radius 1 is 1.21 bits per heavy atom. The van der Waals surface area contributed by atoms with Gasteiger partial charge in [0.1, 0.15) is 5.75 Å². The van der Waals surface area contributed by atoms with E-state index in [1.54, 1.807) is 43.8 Å². The molecule has 0 aliphatic heterocycles. The van der Waals surface area contributed by atoms with Crippen molar-refractivity contribution >= 4 is 34.8 Å². The lowest BCUT2D eigenvalue weighted by Gasteiger charge is -2.03. The molecule has 3 aromatic rings. The molecule has 0 fully saturated rings. The van der Waals surface area contributed by atoms with Crippen molar-refractivity contribution in [2.24, 2.45) is 0 Å². The van der Waals surface area contributed by atoms with Gasteiger partial charge >= 0.3 is 0 Å². The summed E-state index contributed by atoms with van der Waals surface area (Å²) >= 11 is 2.82. The van der Waals surface area contributed by atoms with Gasteiger partial charge in [0.15, 0.2) is 10.1 Å². The number of hydrogen-bond donors (Lipinski definition) is 1. The van der Waals surface area contributed by atoms with Crippen LogP contribution in [-0.4, -0.2) is 34.5 Å². The Kier molecular flexibility index (Phi) is 7.16. The minimum atomic E-state index is -0.0972. The maximum atomic E-state index is 12.3. The molecule has 0 aliphatic carbocycles. The van der Waals surface area contributed by atoms with Gasteiger partial charge in [-0.15, -0.1) is 11.3 Å². The molecule has 0 radical (unpaired) electrons. The van der Waals surface area contributed by atoms with E-state index in [9.17, 15) is 9.59 Å². The molecular weight excluding hydrogens is 394 g/mol. The molecule has 1 N–H and O–H groups in total. The lowest BCUT2D eigenvalue weighted by molar-refractivity contribution is -0.120. The van der Waals surface area contributed by atoms with E-state index in [2.05, 4.69) is 15.3 Å². The maximum Gasteiger partial charge on any atom is 0.226 e. The molecule has 1 aromatic carbocycles. The average molecular weight is 414 g/mol. The van der Waals surface area contributed by atoms with Crippen LogP contribution in [0.1, 0.15) is 21.6 Å². The number of thioether (sulfide) groups is 1.